The molecular weight excluding hydrogens is 504 g/mol. The number of benzene rings is 7. The van der Waals surface area contributed by atoms with Crippen LogP contribution in [0.5, 0.6) is 0 Å². The lowest BCUT2D eigenvalue weighted by atomic mass is 9.84. The van der Waals surface area contributed by atoms with Gasteiger partial charge in [0.15, 0.2) is 0 Å². The van der Waals surface area contributed by atoms with Crippen molar-refractivity contribution in [1.82, 2.24) is 0 Å². The second kappa shape index (κ2) is 8.29. The maximum atomic E-state index is 6.69. The molecule has 0 N–H and O–H groups in total. The van der Waals surface area contributed by atoms with Crippen LogP contribution in [-0.4, -0.2) is 0 Å². The minimum atomic E-state index is 0.931. The molecule has 0 fully saturated rings. The van der Waals surface area contributed by atoms with Crippen LogP contribution in [0.25, 0.3) is 86.6 Å². The molecule has 40 heavy (non-hydrogen) atoms. The summed E-state index contributed by atoms with van der Waals surface area (Å²) in [5.41, 5.74) is 6.81. The fraction of sp³-hybridized carbons (Fsp3) is 0. The van der Waals surface area contributed by atoms with E-state index in [1.165, 1.54) is 69.9 Å². The van der Waals surface area contributed by atoms with Gasteiger partial charge in [-0.1, -0.05) is 109 Å². The lowest BCUT2D eigenvalue weighted by Crippen LogP contribution is -1.92. The van der Waals surface area contributed by atoms with Gasteiger partial charge >= 0.3 is 0 Å². The Balaban J connectivity index is 1.50. The molecule has 1 nitrogen and oxygen atoms in total. The summed E-state index contributed by atoms with van der Waals surface area (Å²) < 4.78 is 7.97. The average molecular weight is 527 g/mol. The summed E-state index contributed by atoms with van der Waals surface area (Å²) in [5.74, 6) is 0. The van der Waals surface area contributed by atoms with Crippen molar-refractivity contribution in [2.24, 2.45) is 0 Å². The lowest BCUT2D eigenvalue weighted by molar-refractivity contribution is 0.670. The van der Waals surface area contributed by atoms with E-state index >= 15 is 0 Å². The molecule has 2 heterocycles. The van der Waals surface area contributed by atoms with Gasteiger partial charge in [-0.05, 0) is 72.4 Å². The van der Waals surface area contributed by atoms with Crippen LogP contribution in [0, 0.1) is 0 Å². The van der Waals surface area contributed by atoms with E-state index < -0.39 is 0 Å². The Labute approximate surface area is 234 Å². The first-order chi connectivity index (χ1) is 19.9. The minimum Gasteiger partial charge on any atom is -0.455 e. The Bertz CT molecular complexity index is 2380. The van der Waals surface area contributed by atoms with Gasteiger partial charge in [0, 0.05) is 26.6 Å². The van der Waals surface area contributed by atoms with E-state index in [1.807, 2.05) is 0 Å². The molecule has 9 aromatic rings. The van der Waals surface area contributed by atoms with Crippen molar-refractivity contribution in [2.75, 3.05) is 0 Å². The summed E-state index contributed by atoms with van der Waals surface area (Å²) in [6.07, 6.45) is 0. The number of hydrogen-bond acceptors (Lipinski definition) is 2. The van der Waals surface area contributed by atoms with Crippen LogP contribution >= 0.6 is 11.3 Å². The molecular formula is C38H22OS. The van der Waals surface area contributed by atoms with Gasteiger partial charge in [-0.25, -0.2) is 0 Å². The van der Waals surface area contributed by atoms with Crippen molar-refractivity contribution in [3.8, 4) is 22.3 Å². The van der Waals surface area contributed by atoms with Crippen molar-refractivity contribution in [2.45, 2.75) is 0 Å². The Morgan fingerprint density at radius 3 is 1.75 bits per heavy atom. The number of para-hydroxylation sites is 1. The zero-order chi connectivity index (χ0) is 26.2. The number of thiophene rings is 1. The van der Waals surface area contributed by atoms with Crippen LogP contribution in [0.15, 0.2) is 137 Å². The highest BCUT2D eigenvalue weighted by atomic mass is 32.1. The maximum absolute atomic E-state index is 6.69. The number of fused-ring (bicyclic) bond motifs is 8. The molecule has 0 saturated carbocycles. The van der Waals surface area contributed by atoms with Gasteiger partial charge in [0.25, 0.3) is 0 Å². The SMILES string of the molecule is c1ccc2c(-c3c4ccccc4c(-c4cc5ccsc5c5c4oc4ccccc45)c4ccccc34)cccc2c1. The maximum Gasteiger partial charge on any atom is 0.144 e. The third kappa shape index (κ3) is 2.97. The van der Waals surface area contributed by atoms with Gasteiger partial charge in [-0.15, -0.1) is 11.3 Å². The normalized spacial score (nSPS) is 12.0. The summed E-state index contributed by atoms with van der Waals surface area (Å²) in [4.78, 5) is 0. The molecule has 2 aromatic heterocycles. The standard InChI is InChI=1S/C38H22OS/c1-2-12-25-23(10-1)11-9-18-26(25)34-27-13-3-5-15-29(27)35(30-16-6-4-14-28(30)34)32-22-24-20-21-40-38(24)36-31-17-7-8-19-33(31)39-37(32)36/h1-22H. The van der Waals surface area contributed by atoms with Crippen LogP contribution < -0.4 is 0 Å². The van der Waals surface area contributed by atoms with E-state index in [2.05, 4.69) is 133 Å². The van der Waals surface area contributed by atoms with Gasteiger partial charge in [0.2, 0.25) is 0 Å². The van der Waals surface area contributed by atoms with Crippen LogP contribution in [0.1, 0.15) is 0 Å². The number of hydrogen-bond donors (Lipinski definition) is 0. The van der Waals surface area contributed by atoms with E-state index in [-0.39, 0.29) is 0 Å². The molecule has 0 aliphatic carbocycles. The largest absolute Gasteiger partial charge is 0.455 e. The Hall–Kier alpha value is -4.92. The Morgan fingerprint density at radius 1 is 0.450 bits per heavy atom. The zero-order valence-electron chi connectivity index (χ0n) is 21.5. The first kappa shape index (κ1) is 22.0. The number of furan rings is 1. The molecule has 0 atom stereocenters. The fourth-order valence-corrected chi connectivity index (χ4v) is 7.59. The van der Waals surface area contributed by atoms with Crippen molar-refractivity contribution < 1.29 is 4.42 Å². The van der Waals surface area contributed by atoms with Crippen LogP contribution in [0.4, 0.5) is 0 Å². The third-order valence-corrected chi connectivity index (χ3v) is 9.27. The average Bonchev–Trinajstić information content (AvgIpc) is 3.64. The summed E-state index contributed by atoms with van der Waals surface area (Å²) in [7, 11) is 0. The molecule has 0 saturated heterocycles. The van der Waals surface area contributed by atoms with Gasteiger partial charge in [-0.3, -0.25) is 0 Å². The van der Waals surface area contributed by atoms with E-state index in [4.69, 9.17) is 4.42 Å². The second-order valence-electron chi connectivity index (χ2n) is 10.4. The highest BCUT2D eigenvalue weighted by molar-refractivity contribution is 7.18. The third-order valence-electron chi connectivity index (χ3n) is 8.32. The smallest absolute Gasteiger partial charge is 0.144 e. The van der Waals surface area contributed by atoms with Gasteiger partial charge in [-0.2, -0.15) is 0 Å². The highest BCUT2D eigenvalue weighted by Gasteiger charge is 2.22. The molecule has 0 aliphatic rings. The predicted molar refractivity (Wildman–Crippen MR) is 172 cm³/mol. The van der Waals surface area contributed by atoms with Crippen LogP contribution in [-0.2, 0) is 0 Å². The molecule has 0 aliphatic heterocycles. The summed E-state index contributed by atoms with van der Waals surface area (Å²) in [5, 5.41) is 13.3. The van der Waals surface area contributed by atoms with E-state index in [9.17, 15) is 0 Å². The van der Waals surface area contributed by atoms with Crippen molar-refractivity contribution in [1.29, 1.82) is 0 Å². The molecule has 0 radical (unpaired) electrons. The lowest BCUT2D eigenvalue weighted by Gasteiger charge is -2.19. The second-order valence-corrected chi connectivity index (χ2v) is 11.3. The van der Waals surface area contributed by atoms with E-state index in [0.717, 1.165) is 16.7 Å². The minimum absolute atomic E-state index is 0.931. The molecule has 7 aromatic carbocycles. The molecule has 9 rings (SSSR count). The monoisotopic (exact) mass is 526 g/mol. The first-order valence-electron chi connectivity index (χ1n) is 13.6. The van der Waals surface area contributed by atoms with Crippen molar-refractivity contribution >= 4 is 75.7 Å². The van der Waals surface area contributed by atoms with Crippen molar-refractivity contribution in [3.05, 3.63) is 133 Å². The van der Waals surface area contributed by atoms with Crippen LogP contribution in [0.2, 0.25) is 0 Å². The van der Waals surface area contributed by atoms with Crippen LogP contribution in [0.3, 0.4) is 0 Å². The van der Waals surface area contributed by atoms with Crippen molar-refractivity contribution in [3.63, 3.8) is 0 Å². The summed E-state index contributed by atoms with van der Waals surface area (Å²) in [6.45, 7) is 0. The molecule has 2 heteroatoms. The van der Waals surface area contributed by atoms with Gasteiger partial charge in [0.1, 0.15) is 11.2 Å². The molecule has 0 amide bonds. The Kier molecular flexibility index (Phi) is 4.55. The summed E-state index contributed by atoms with van der Waals surface area (Å²) >= 11 is 1.79. The molecule has 0 bridgehead atoms. The Morgan fingerprint density at radius 2 is 1.02 bits per heavy atom. The van der Waals surface area contributed by atoms with Gasteiger partial charge in [0.05, 0.1) is 0 Å². The highest BCUT2D eigenvalue weighted by Crippen LogP contribution is 2.49. The molecule has 0 unspecified atom stereocenters. The predicted octanol–water partition coefficient (Wildman–Crippen LogP) is 11.6. The number of rotatable bonds is 2. The molecule has 0 spiro atoms. The quantitative estimate of drug-likeness (QED) is 0.204. The fourth-order valence-electron chi connectivity index (χ4n) is 6.66. The first-order valence-corrected chi connectivity index (χ1v) is 14.5. The topological polar surface area (TPSA) is 13.1 Å². The molecule has 186 valence electrons. The zero-order valence-corrected chi connectivity index (χ0v) is 22.3. The van der Waals surface area contributed by atoms with E-state index in [0.29, 0.717) is 0 Å². The van der Waals surface area contributed by atoms with Gasteiger partial charge < -0.3 is 4.42 Å². The van der Waals surface area contributed by atoms with E-state index in [1.54, 1.807) is 11.3 Å². The summed E-state index contributed by atoms with van der Waals surface area (Å²) in [6, 6.07) is 46.1.